The van der Waals surface area contributed by atoms with Crippen LogP contribution in [0.1, 0.15) is 29.5 Å². The van der Waals surface area contributed by atoms with E-state index in [9.17, 15) is 14.4 Å². The standard InChI is InChI=1S/C24H25N3O3S/c1-16-6-5-7-17(2)22(16)25-21(28)15-27-23(29)20(31-24(27)30)14-18-8-10-19(11-9-18)26-12-3-4-13-26/h5-11,14H,3-4,12-13,15H2,1-2H3,(H,25,28)/b20-14-. The smallest absolute Gasteiger partial charge is 0.294 e. The Morgan fingerprint density at radius 3 is 2.32 bits per heavy atom. The molecule has 2 aliphatic heterocycles. The highest BCUT2D eigenvalue weighted by molar-refractivity contribution is 8.18. The van der Waals surface area contributed by atoms with Crippen LogP contribution in [-0.2, 0) is 9.59 Å². The van der Waals surface area contributed by atoms with E-state index in [1.54, 1.807) is 6.08 Å². The van der Waals surface area contributed by atoms with Crippen LogP contribution in [-0.4, -0.2) is 41.6 Å². The Balaban J connectivity index is 1.43. The minimum Gasteiger partial charge on any atom is -0.372 e. The third-order valence-electron chi connectivity index (χ3n) is 5.58. The summed E-state index contributed by atoms with van der Waals surface area (Å²) in [5, 5.41) is 2.40. The van der Waals surface area contributed by atoms with Crippen molar-refractivity contribution in [3.05, 3.63) is 64.1 Å². The van der Waals surface area contributed by atoms with Gasteiger partial charge in [-0.05, 0) is 73.4 Å². The third kappa shape index (κ3) is 4.66. The number of nitrogens with zero attached hydrogens (tertiary/aromatic N) is 2. The number of carbonyl (C=O) groups excluding carboxylic acids is 3. The first-order valence-electron chi connectivity index (χ1n) is 10.4. The number of amides is 3. The minimum absolute atomic E-state index is 0.302. The van der Waals surface area contributed by atoms with Crippen LogP contribution in [0.3, 0.4) is 0 Å². The van der Waals surface area contributed by atoms with E-state index in [0.717, 1.165) is 46.4 Å². The Morgan fingerprint density at radius 1 is 1.03 bits per heavy atom. The number of nitrogens with one attached hydrogen (secondary N) is 1. The molecule has 2 aromatic carbocycles. The van der Waals surface area contributed by atoms with Gasteiger partial charge in [-0.25, -0.2) is 0 Å². The number of benzene rings is 2. The van der Waals surface area contributed by atoms with Gasteiger partial charge < -0.3 is 10.2 Å². The van der Waals surface area contributed by atoms with Gasteiger partial charge in [-0.15, -0.1) is 0 Å². The number of thioether (sulfide) groups is 1. The number of carbonyl (C=O) groups is 3. The van der Waals surface area contributed by atoms with Crippen molar-refractivity contribution in [2.45, 2.75) is 26.7 Å². The van der Waals surface area contributed by atoms with Crippen molar-refractivity contribution in [2.75, 3.05) is 29.9 Å². The zero-order valence-corrected chi connectivity index (χ0v) is 18.5. The zero-order valence-electron chi connectivity index (χ0n) is 17.7. The Morgan fingerprint density at radius 2 is 1.68 bits per heavy atom. The van der Waals surface area contributed by atoms with Crippen LogP contribution in [0.25, 0.3) is 6.08 Å². The van der Waals surface area contributed by atoms with E-state index in [4.69, 9.17) is 0 Å². The fraction of sp³-hybridized carbons (Fsp3) is 0.292. The summed E-state index contributed by atoms with van der Waals surface area (Å²) in [6.45, 7) is 5.65. The van der Waals surface area contributed by atoms with Crippen molar-refractivity contribution in [3.63, 3.8) is 0 Å². The predicted octanol–water partition coefficient (Wildman–Crippen LogP) is 4.58. The van der Waals surface area contributed by atoms with E-state index in [1.165, 1.54) is 18.5 Å². The molecular weight excluding hydrogens is 410 g/mol. The molecular formula is C24H25N3O3S. The summed E-state index contributed by atoms with van der Waals surface area (Å²) < 4.78 is 0. The second kappa shape index (κ2) is 8.98. The van der Waals surface area contributed by atoms with Crippen LogP contribution >= 0.6 is 11.8 Å². The lowest BCUT2D eigenvalue weighted by molar-refractivity contribution is -0.127. The molecule has 0 saturated carbocycles. The highest BCUT2D eigenvalue weighted by Gasteiger charge is 2.36. The fourth-order valence-corrected chi connectivity index (χ4v) is 4.72. The maximum absolute atomic E-state index is 12.7. The molecule has 3 amide bonds. The molecule has 160 valence electrons. The lowest BCUT2D eigenvalue weighted by Crippen LogP contribution is -2.36. The summed E-state index contributed by atoms with van der Waals surface area (Å²) in [6.07, 6.45) is 4.14. The first-order chi connectivity index (χ1) is 14.9. The lowest BCUT2D eigenvalue weighted by Gasteiger charge is -2.17. The van der Waals surface area contributed by atoms with Crippen molar-refractivity contribution in [1.82, 2.24) is 4.90 Å². The van der Waals surface area contributed by atoms with E-state index in [0.29, 0.717) is 10.6 Å². The van der Waals surface area contributed by atoms with Gasteiger partial charge in [0.1, 0.15) is 6.54 Å². The van der Waals surface area contributed by atoms with Crippen molar-refractivity contribution in [3.8, 4) is 0 Å². The van der Waals surface area contributed by atoms with Crippen LogP contribution in [0.2, 0.25) is 0 Å². The quantitative estimate of drug-likeness (QED) is 0.697. The third-order valence-corrected chi connectivity index (χ3v) is 6.49. The Labute approximate surface area is 186 Å². The van der Waals surface area contributed by atoms with Crippen LogP contribution in [0.15, 0.2) is 47.4 Å². The molecule has 2 saturated heterocycles. The summed E-state index contributed by atoms with van der Waals surface area (Å²) in [5.74, 6) is -0.828. The van der Waals surface area contributed by atoms with Crippen molar-refractivity contribution in [1.29, 1.82) is 0 Å². The second-order valence-corrected chi connectivity index (χ2v) is 8.86. The molecule has 2 heterocycles. The molecule has 2 aliphatic rings. The summed E-state index contributed by atoms with van der Waals surface area (Å²) in [7, 11) is 0. The van der Waals surface area contributed by atoms with Gasteiger partial charge in [0, 0.05) is 24.5 Å². The van der Waals surface area contributed by atoms with E-state index in [1.807, 2.05) is 56.3 Å². The van der Waals surface area contributed by atoms with E-state index < -0.39 is 17.1 Å². The highest BCUT2D eigenvalue weighted by Crippen LogP contribution is 2.32. The van der Waals surface area contributed by atoms with Gasteiger partial charge in [-0.2, -0.15) is 0 Å². The minimum atomic E-state index is -0.435. The highest BCUT2D eigenvalue weighted by atomic mass is 32.2. The molecule has 31 heavy (non-hydrogen) atoms. The normalized spacial score (nSPS) is 17.7. The zero-order chi connectivity index (χ0) is 22.0. The number of anilines is 2. The SMILES string of the molecule is Cc1cccc(C)c1NC(=O)CN1C(=O)S/C(=C\c2ccc(N3CCCC3)cc2)C1=O. The molecule has 1 N–H and O–H groups in total. The molecule has 2 fully saturated rings. The van der Waals surface area contributed by atoms with Crippen molar-refractivity contribution in [2.24, 2.45) is 0 Å². The van der Waals surface area contributed by atoms with Gasteiger partial charge in [0.05, 0.1) is 4.91 Å². The number of imide groups is 1. The van der Waals surface area contributed by atoms with Crippen LogP contribution in [0.5, 0.6) is 0 Å². The largest absolute Gasteiger partial charge is 0.372 e. The summed E-state index contributed by atoms with van der Waals surface area (Å²) >= 11 is 0.869. The Kier molecular flexibility index (Phi) is 6.13. The van der Waals surface area contributed by atoms with Gasteiger partial charge in [0.15, 0.2) is 0 Å². The second-order valence-electron chi connectivity index (χ2n) is 7.87. The van der Waals surface area contributed by atoms with Gasteiger partial charge in [0.25, 0.3) is 11.1 Å². The maximum Gasteiger partial charge on any atom is 0.294 e. The topological polar surface area (TPSA) is 69.7 Å². The van der Waals surface area contributed by atoms with Gasteiger partial charge in [0.2, 0.25) is 5.91 Å². The number of rotatable bonds is 5. The molecule has 0 aromatic heterocycles. The number of hydrogen-bond acceptors (Lipinski definition) is 5. The first kappa shape index (κ1) is 21.2. The molecule has 2 aromatic rings. The molecule has 0 aliphatic carbocycles. The summed E-state index contributed by atoms with van der Waals surface area (Å²) in [4.78, 5) is 41.3. The number of aryl methyl sites for hydroxylation is 2. The molecule has 0 bridgehead atoms. The summed E-state index contributed by atoms with van der Waals surface area (Å²) in [6, 6.07) is 13.7. The van der Waals surface area contributed by atoms with Crippen molar-refractivity contribution < 1.29 is 14.4 Å². The summed E-state index contributed by atoms with van der Waals surface area (Å²) in [5.41, 5.74) is 4.60. The van der Waals surface area contributed by atoms with Gasteiger partial charge in [-0.3, -0.25) is 19.3 Å². The Bertz CT molecular complexity index is 1040. The molecule has 0 radical (unpaired) electrons. The average molecular weight is 436 g/mol. The average Bonchev–Trinajstić information content (AvgIpc) is 3.37. The predicted molar refractivity (Wildman–Crippen MR) is 125 cm³/mol. The molecule has 0 unspecified atom stereocenters. The molecule has 4 rings (SSSR count). The molecule has 0 atom stereocenters. The molecule has 6 nitrogen and oxygen atoms in total. The van der Waals surface area contributed by atoms with E-state index in [2.05, 4.69) is 10.2 Å². The van der Waals surface area contributed by atoms with E-state index in [-0.39, 0.29) is 6.54 Å². The number of hydrogen-bond donors (Lipinski definition) is 1. The molecule has 0 spiro atoms. The van der Waals surface area contributed by atoms with Gasteiger partial charge in [-0.1, -0.05) is 30.3 Å². The number of para-hydroxylation sites is 1. The Hall–Kier alpha value is -3.06. The van der Waals surface area contributed by atoms with E-state index >= 15 is 0 Å². The molecule has 7 heteroatoms. The van der Waals surface area contributed by atoms with Crippen LogP contribution in [0.4, 0.5) is 16.2 Å². The van der Waals surface area contributed by atoms with Gasteiger partial charge >= 0.3 is 0 Å². The van der Waals surface area contributed by atoms with Crippen LogP contribution < -0.4 is 10.2 Å². The first-order valence-corrected chi connectivity index (χ1v) is 11.2. The maximum atomic E-state index is 12.7. The lowest BCUT2D eigenvalue weighted by atomic mass is 10.1. The monoisotopic (exact) mass is 435 g/mol. The van der Waals surface area contributed by atoms with Crippen LogP contribution in [0, 0.1) is 13.8 Å². The van der Waals surface area contributed by atoms with Crippen molar-refractivity contribution >= 4 is 46.3 Å². The fourth-order valence-electron chi connectivity index (χ4n) is 3.88.